The number of primary amides is 1. The number of carbonyl (C=O) groups excluding carboxylic acids is 1. The van der Waals surface area contributed by atoms with Crippen molar-refractivity contribution in [1.29, 1.82) is 0 Å². The van der Waals surface area contributed by atoms with Crippen LogP contribution in [-0.2, 0) is 4.79 Å². The maximum atomic E-state index is 10.6. The van der Waals surface area contributed by atoms with Crippen LogP contribution < -0.4 is 11.1 Å². The molecule has 0 unspecified atom stereocenters. The normalized spacial score (nSPS) is 10.0. The summed E-state index contributed by atoms with van der Waals surface area (Å²) in [6.07, 6.45) is 2.95. The summed E-state index contributed by atoms with van der Waals surface area (Å²) in [4.78, 5) is 18.6. The first-order valence-electron chi connectivity index (χ1n) is 4.64. The lowest BCUT2D eigenvalue weighted by molar-refractivity contribution is -0.116. The highest BCUT2D eigenvalue weighted by atomic mass is 16.3. The second-order valence-electron chi connectivity index (χ2n) is 3.09. The van der Waals surface area contributed by atoms with E-state index in [1.165, 1.54) is 6.33 Å². The number of carbonyl (C=O) groups is 1. The summed E-state index contributed by atoms with van der Waals surface area (Å²) in [6.45, 7) is 0.0363. The lowest BCUT2D eigenvalue weighted by Gasteiger charge is -2.03. The van der Waals surface area contributed by atoms with Crippen molar-refractivity contribution in [2.75, 3.05) is 11.9 Å². The number of hydrogen-bond donors (Lipinski definition) is 2. The van der Waals surface area contributed by atoms with Gasteiger partial charge in [0, 0.05) is 6.07 Å². The summed E-state index contributed by atoms with van der Waals surface area (Å²) in [6, 6.07) is 5.25. The number of furan rings is 1. The topological polar surface area (TPSA) is 94.0 Å². The van der Waals surface area contributed by atoms with Crippen LogP contribution in [-0.4, -0.2) is 22.4 Å². The molecule has 6 nitrogen and oxygen atoms in total. The van der Waals surface area contributed by atoms with E-state index in [4.69, 9.17) is 10.2 Å². The molecule has 0 saturated carbocycles. The zero-order valence-electron chi connectivity index (χ0n) is 8.38. The third kappa shape index (κ3) is 2.35. The molecule has 0 aliphatic rings. The molecule has 2 aromatic heterocycles. The predicted molar refractivity (Wildman–Crippen MR) is 57.4 cm³/mol. The van der Waals surface area contributed by atoms with Crippen molar-refractivity contribution >= 4 is 11.7 Å². The average molecular weight is 218 g/mol. The molecule has 0 radical (unpaired) electrons. The van der Waals surface area contributed by atoms with E-state index in [2.05, 4.69) is 15.3 Å². The first-order chi connectivity index (χ1) is 7.75. The van der Waals surface area contributed by atoms with Crippen molar-refractivity contribution in [3.63, 3.8) is 0 Å². The Balaban J connectivity index is 2.17. The Morgan fingerprint density at radius 2 is 2.38 bits per heavy atom. The van der Waals surface area contributed by atoms with Gasteiger partial charge in [0.15, 0.2) is 5.76 Å². The Bertz CT molecular complexity index is 481. The molecule has 0 atom stereocenters. The van der Waals surface area contributed by atoms with E-state index in [1.807, 2.05) is 0 Å². The summed E-state index contributed by atoms with van der Waals surface area (Å²) < 4.78 is 5.19. The lowest BCUT2D eigenvalue weighted by Crippen LogP contribution is -2.22. The van der Waals surface area contributed by atoms with Crippen molar-refractivity contribution in [2.24, 2.45) is 5.73 Å². The third-order valence-electron chi connectivity index (χ3n) is 1.88. The quantitative estimate of drug-likeness (QED) is 0.785. The molecule has 0 fully saturated rings. The van der Waals surface area contributed by atoms with Gasteiger partial charge in [0.1, 0.15) is 17.8 Å². The molecule has 2 aromatic rings. The van der Waals surface area contributed by atoms with Gasteiger partial charge in [-0.1, -0.05) is 0 Å². The highest BCUT2D eigenvalue weighted by Gasteiger charge is 2.04. The third-order valence-corrected chi connectivity index (χ3v) is 1.88. The molecule has 0 aromatic carbocycles. The number of aromatic nitrogens is 2. The zero-order chi connectivity index (χ0) is 11.4. The number of anilines is 1. The van der Waals surface area contributed by atoms with E-state index in [0.717, 1.165) is 0 Å². The Morgan fingerprint density at radius 3 is 3.06 bits per heavy atom. The zero-order valence-corrected chi connectivity index (χ0v) is 8.38. The van der Waals surface area contributed by atoms with Gasteiger partial charge in [-0.2, -0.15) is 0 Å². The molecule has 0 bridgehead atoms. The van der Waals surface area contributed by atoms with Crippen LogP contribution in [0.4, 0.5) is 5.82 Å². The fourth-order valence-corrected chi connectivity index (χ4v) is 1.19. The molecule has 0 aliphatic carbocycles. The van der Waals surface area contributed by atoms with Gasteiger partial charge in [-0.25, -0.2) is 9.97 Å². The largest absolute Gasteiger partial charge is 0.463 e. The Morgan fingerprint density at radius 1 is 1.50 bits per heavy atom. The van der Waals surface area contributed by atoms with Gasteiger partial charge in [0.25, 0.3) is 0 Å². The molecule has 1 amide bonds. The molecular weight excluding hydrogens is 208 g/mol. The van der Waals surface area contributed by atoms with Crippen LogP contribution in [0.2, 0.25) is 0 Å². The van der Waals surface area contributed by atoms with Crippen molar-refractivity contribution in [3.05, 3.63) is 30.8 Å². The highest BCUT2D eigenvalue weighted by Crippen LogP contribution is 2.18. The van der Waals surface area contributed by atoms with E-state index in [0.29, 0.717) is 17.3 Å². The predicted octanol–water partition coefficient (Wildman–Crippen LogP) is 0.634. The number of hydrogen-bond acceptors (Lipinski definition) is 5. The van der Waals surface area contributed by atoms with E-state index in [-0.39, 0.29) is 6.54 Å². The van der Waals surface area contributed by atoms with Gasteiger partial charge < -0.3 is 15.5 Å². The molecule has 2 rings (SSSR count). The van der Waals surface area contributed by atoms with Crippen LogP contribution in [0, 0.1) is 0 Å². The van der Waals surface area contributed by atoms with Gasteiger partial charge in [-0.15, -0.1) is 0 Å². The number of amides is 1. The minimum atomic E-state index is -0.446. The van der Waals surface area contributed by atoms with E-state index in [9.17, 15) is 4.79 Å². The average Bonchev–Trinajstić information content (AvgIpc) is 2.80. The smallest absolute Gasteiger partial charge is 0.236 e. The Labute approximate surface area is 91.5 Å². The van der Waals surface area contributed by atoms with Crippen LogP contribution in [0.1, 0.15) is 0 Å². The SMILES string of the molecule is NC(=O)CNc1cc(-c2ccco2)ncn1. The minimum absolute atomic E-state index is 0.0363. The summed E-state index contributed by atoms with van der Waals surface area (Å²) in [5.74, 6) is 0.725. The standard InChI is InChI=1S/C10H10N4O2/c11-9(15)5-12-10-4-7(13-6-14-10)8-2-1-3-16-8/h1-4,6H,5H2,(H2,11,15)(H,12,13,14). The van der Waals surface area contributed by atoms with Gasteiger partial charge in [-0.05, 0) is 12.1 Å². The molecule has 16 heavy (non-hydrogen) atoms. The second kappa shape index (κ2) is 4.43. The van der Waals surface area contributed by atoms with Crippen molar-refractivity contribution in [2.45, 2.75) is 0 Å². The maximum Gasteiger partial charge on any atom is 0.236 e. The maximum absolute atomic E-state index is 10.6. The first-order valence-corrected chi connectivity index (χ1v) is 4.64. The Hall–Kier alpha value is -2.37. The van der Waals surface area contributed by atoms with Crippen LogP contribution >= 0.6 is 0 Å². The van der Waals surface area contributed by atoms with Crippen LogP contribution in [0.25, 0.3) is 11.5 Å². The van der Waals surface area contributed by atoms with Gasteiger partial charge in [0.2, 0.25) is 5.91 Å². The monoisotopic (exact) mass is 218 g/mol. The van der Waals surface area contributed by atoms with Crippen molar-refractivity contribution in [3.8, 4) is 11.5 Å². The number of nitrogens with two attached hydrogens (primary N) is 1. The minimum Gasteiger partial charge on any atom is -0.463 e. The van der Waals surface area contributed by atoms with E-state index >= 15 is 0 Å². The second-order valence-corrected chi connectivity index (χ2v) is 3.09. The van der Waals surface area contributed by atoms with E-state index < -0.39 is 5.91 Å². The van der Waals surface area contributed by atoms with Gasteiger partial charge >= 0.3 is 0 Å². The summed E-state index contributed by atoms with van der Waals surface area (Å²) in [5.41, 5.74) is 5.65. The number of nitrogens with zero attached hydrogens (tertiary/aromatic N) is 2. The van der Waals surface area contributed by atoms with Crippen LogP contribution in [0.5, 0.6) is 0 Å². The van der Waals surface area contributed by atoms with Crippen LogP contribution in [0.15, 0.2) is 35.2 Å². The molecule has 82 valence electrons. The van der Waals surface area contributed by atoms with Crippen molar-refractivity contribution in [1.82, 2.24) is 9.97 Å². The van der Waals surface area contributed by atoms with Gasteiger partial charge in [0.05, 0.1) is 12.8 Å². The fourth-order valence-electron chi connectivity index (χ4n) is 1.19. The summed E-state index contributed by atoms with van der Waals surface area (Å²) in [5, 5.41) is 2.78. The fraction of sp³-hybridized carbons (Fsp3) is 0.100. The number of nitrogens with one attached hydrogen (secondary N) is 1. The molecule has 0 saturated heterocycles. The molecular formula is C10H10N4O2. The van der Waals surface area contributed by atoms with Crippen molar-refractivity contribution < 1.29 is 9.21 Å². The van der Waals surface area contributed by atoms with E-state index in [1.54, 1.807) is 24.5 Å². The molecule has 3 N–H and O–H groups in total. The summed E-state index contributed by atoms with van der Waals surface area (Å²) in [7, 11) is 0. The molecule has 6 heteroatoms. The highest BCUT2D eigenvalue weighted by molar-refractivity contribution is 5.78. The lowest BCUT2D eigenvalue weighted by atomic mass is 10.3. The summed E-state index contributed by atoms with van der Waals surface area (Å²) >= 11 is 0. The molecule has 0 aliphatic heterocycles. The van der Waals surface area contributed by atoms with Crippen LogP contribution in [0.3, 0.4) is 0 Å². The Kier molecular flexibility index (Phi) is 2.81. The molecule has 2 heterocycles. The molecule has 0 spiro atoms. The number of rotatable bonds is 4. The first kappa shape index (κ1) is 10.2. The van der Waals surface area contributed by atoms with Gasteiger partial charge in [-0.3, -0.25) is 4.79 Å².